The number of hydrogen-bond acceptors (Lipinski definition) is 6. The van der Waals surface area contributed by atoms with Crippen molar-refractivity contribution in [2.75, 3.05) is 13.1 Å². The minimum Gasteiger partial charge on any atom is -0.444 e. The third-order valence-corrected chi connectivity index (χ3v) is 5.40. The number of halogens is 1. The van der Waals surface area contributed by atoms with E-state index in [2.05, 4.69) is 10.2 Å². The van der Waals surface area contributed by atoms with Crippen molar-refractivity contribution in [3.05, 3.63) is 17.3 Å². The molecule has 0 spiro atoms. The van der Waals surface area contributed by atoms with Gasteiger partial charge in [-0.15, -0.1) is 10.2 Å². The Hall–Kier alpha value is -1.41. The lowest BCUT2D eigenvalue weighted by Gasteiger charge is -2.24. The number of rotatable bonds is 2. The van der Waals surface area contributed by atoms with Gasteiger partial charge in [0, 0.05) is 13.1 Å². The molecule has 2 heterocycles. The summed E-state index contributed by atoms with van der Waals surface area (Å²) in [6, 6.07) is 2.70. The van der Waals surface area contributed by atoms with Crippen molar-refractivity contribution < 1.29 is 17.9 Å². The first kappa shape index (κ1) is 17.0. The van der Waals surface area contributed by atoms with E-state index in [1.54, 1.807) is 20.8 Å². The molecule has 1 aliphatic heterocycles. The highest BCUT2D eigenvalue weighted by Crippen LogP contribution is 2.24. The van der Waals surface area contributed by atoms with Crippen LogP contribution in [0, 0.1) is 0 Å². The Morgan fingerprint density at radius 2 is 2.05 bits per heavy atom. The molecule has 1 fully saturated rings. The van der Waals surface area contributed by atoms with Crippen molar-refractivity contribution in [2.45, 2.75) is 43.1 Å². The average molecular weight is 348 g/mol. The largest absolute Gasteiger partial charge is 0.444 e. The van der Waals surface area contributed by atoms with Crippen LogP contribution in [0.1, 0.15) is 27.2 Å². The Balaban J connectivity index is 2.09. The van der Waals surface area contributed by atoms with Gasteiger partial charge in [0.05, 0.1) is 5.25 Å². The van der Waals surface area contributed by atoms with Gasteiger partial charge in [-0.1, -0.05) is 11.6 Å². The third-order valence-electron chi connectivity index (χ3n) is 3.13. The molecule has 7 nitrogen and oxygen atoms in total. The molecule has 0 saturated carbocycles. The highest BCUT2D eigenvalue weighted by atomic mass is 35.5. The number of carbonyl (C=O) groups excluding carboxylic acids is 1. The predicted octanol–water partition coefficient (Wildman–Crippen LogP) is 1.91. The zero-order valence-electron chi connectivity index (χ0n) is 12.6. The van der Waals surface area contributed by atoms with E-state index >= 15 is 0 Å². The standard InChI is InChI=1S/C13H18ClN3O4S/c1-13(2,3)21-12(18)17-7-6-9(8-17)22(19,20)11-5-4-10(14)15-16-11/h4-5,9H,6-8H2,1-3H3/t9-/m0/s1. The number of aromatic nitrogens is 2. The summed E-state index contributed by atoms with van der Waals surface area (Å²) >= 11 is 5.61. The zero-order valence-corrected chi connectivity index (χ0v) is 14.2. The van der Waals surface area contributed by atoms with Crippen molar-refractivity contribution in [3.63, 3.8) is 0 Å². The summed E-state index contributed by atoms with van der Waals surface area (Å²) < 4.78 is 30.2. The Kier molecular flexibility index (Phi) is 4.62. The molecule has 0 radical (unpaired) electrons. The molecule has 1 aromatic rings. The first-order valence-corrected chi connectivity index (χ1v) is 8.73. The molecule has 1 atom stereocenters. The van der Waals surface area contributed by atoms with E-state index in [1.807, 2.05) is 0 Å². The van der Waals surface area contributed by atoms with Crippen LogP contribution in [0.4, 0.5) is 4.79 Å². The second-order valence-corrected chi connectivity index (χ2v) is 8.64. The van der Waals surface area contributed by atoms with Gasteiger partial charge in [-0.05, 0) is 39.3 Å². The van der Waals surface area contributed by atoms with Crippen LogP contribution >= 0.6 is 11.6 Å². The summed E-state index contributed by atoms with van der Waals surface area (Å²) in [6.07, 6.45) is -0.168. The smallest absolute Gasteiger partial charge is 0.410 e. The highest BCUT2D eigenvalue weighted by Gasteiger charge is 2.38. The first-order valence-electron chi connectivity index (χ1n) is 6.80. The molecule has 1 aliphatic rings. The molecule has 122 valence electrons. The monoisotopic (exact) mass is 347 g/mol. The molecule has 0 bridgehead atoms. The fraction of sp³-hybridized carbons (Fsp3) is 0.615. The number of likely N-dealkylation sites (tertiary alicyclic amines) is 1. The van der Waals surface area contributed by atoms with Crippen molar-refractivity contribution in [1.29, 1.82) is 0 Å². The number of hydrogen-bond donors (Lipinski definition) is 0. The van der Waals surface area contributed by atoms with Gasteiger partial charge in [0.25, 0.3) is 0 Å². The molecule has 2 rings (SSSR count). The fourth-order valence-electron chi connectivity index (χ4n) is 2.10. The zero-order chi connectivity index (χ0) is 16.5. The van der Waals surface area contributed by atoms with Gasteiger partial charge in [-0.2, -0.15) is 0 Å². The van der Waals surface area contributed by atoms with E-state index in [9.17, 15) is 13.2 Å². The number of carbonyl (C=O) groups is 1. The molecule has 22 heavy (non-hydrogen) atoms. The summed E-state index contributed by atoms with van der Waals surface area (Å²) in [5.74, 6) is 0. The first-order chi connectivity index (χ1) is 10.1. The number of nitrogens with zero attached hydrogens (tertiary/aromatic N) is 3. The molecule has 1 saturated heterocycles. The predicted molar refractivity (Wildman–Crippen MR) is 80.4 cm³/mol. The third kappa shape index (κ3) is 3.86. The maximum Gasteiger partial charge on any atom is 0.410 e. The lowest BCUT2D eigenvalue weighted by Crippen LogP contribution is -2.36. The molecule has 1 aromatic heterocycles. The van der Waals surface area contributed by atoms with E-state index < -0.39 is 26.8 Å². The Morgan fingerprint density at radius 1 is 1.36 bits per heavy atom. The molecular weight excluding hydrogens is 330 g/mol. The van der Waals surface area contributed by atoms with Crippen LogP contribution < -0.4 is 0 Å². The molecule has 9 heteroatoms. The molecule has 0 aromatic carbocycles. The van der Waals surface area contributed by atoms with E-state index in [1.165, 1.54) is 17.0 Å². The summed E-state index contributed by atoms with van der Waals surface area (Å²) in [5, 5.41) is 6.45. The van der Waals surface area contributed by atoms with E-state index in [-0.39, 0.29) is 16.7 Å². The van der Waals surface area contributed by atoms with Gasteiger partial charge in [0.15, 0.2) is 10.2 Å². The lowest BCUT2D eigenvalue weighted by molar-refractivity contribution is 0.0295. The van der Waals surface area contributed by atoms with Crippen LogP contribution in [0.3, 0.4) is 0 Å². The van der Waals surface area contributed by atoms with Gasteiger partial charge >= 0.3 is 6.09 Å². The maximum atomic E-state index is 12.5. The van der Waals surface area contributed by atoms with Crippen LogP contribution in [0.2, 0.25) is 5.15 Å². The van der Waals surface area contributed by atoms with Crippen LogP contribution in [0.15, 0.2) is 17.2 Å². The second-order valence-electron chi connectivity index (χ2n) is 6.08. The SMILES string of the molecule is CC(C)(C)OC(=O)N1CC[C@H](S(=O)(=O)c2ccc(Cl)nn2)C1. The quantitative estimate of drug-likeness (QED) is 0.811. The highest BCUT2D eigenvalue weighted by molar-refractivity contribution is 7.92. The Bertz CT molecular complexity index is 655. The Labute approximate surface area is 134 Å². The van der Waals surface area contributed by atoms with Crippen LogP contribution in [-0.2, 0) is 14.6 Å². The van der Waals surface area contributed by atoms with E-state index in [0.29, 0.717) is 13.0 Å². The minimum atomic E-state index is -3.65. The van der Waals surface area contributed by atoms with Gasteiger partial charge < -0.3 is 9.64 Å². The van der Waals surface area contributed by atoms with Gasteiger partial charge in [-0.25, -0.2) is 13.2 Å². The van der Waals surface area contributed by atoms with Crippen molar-refractivity contribution >= 4 is 27.5 Å². The van der Waals surface area contributed by atoms with Gasteiger partial charge in [0.2, 0.25) is 9.84 Å². The molecule has 0 N–H and O–H groups in total. The minimum absolute atomic E-state index is 0.0849. The molecule has 0 aliphatic carbocycles. The van der Waals surface area contributed by atoms with Crippen molar-refractivity contribution in [3.8, 4) is 0 Å². The summed E-state index contributed by atoms with van der Waals surface area (Å²) in [7, 11) is -3.65. The number of amides is 1. The van der Waals surface area contributed by atoms with Crippen molar-refractivity contribution in [2.24, 2.45) is 0 Å². The van der Waals surface area contributed by atoms with E-state index in [4.69, 9.17) is 16.3 Å². The lowest BCUT2D eigenvalue weighted by atomic mass is 10.2. The second kappa shape index (κ2) is 6.00. The van der Waals surface area contributed by atoms with Gasteiger partial charge in [-0.3, -0.25) is 0 Å². The van der Waals surface area contributed by atoms with Crippen LogP contribution in [-0.4, -0.2) is 53.5 Å². The number of ether oxygens (including phenoxy) is 1. The maximum absolute atomic E-state index is 12.5. The van der Waals surface area contributed by atoms with Crippen LogP contribution in [0.25, 0.3) is 0 Å². The molecule has 0 unspecified atom stereocenters. The summed E-state index contributed by atoms with van der Waals surface area (Å²) in [4.78, 5) is 13.4. The molecular formula is C13H18ClN3O4S. The number of sulfone groups is 1. The molecule has 1 amide bonds. The Morgan fingerprint density at radius 3 is 2.59 bits per heavy atom. The normalized spacial score (nSPS) is 19.3. The summed E-state index contributed by atoms with van der Waals surface area (Å²) in [6.45, 7) is 5.71. The topological polar surface area (TPSA) is 89.5 Å². The van der Waals surface area contributed by atoms with Gasteiger partial charge in [0.1, 0.15) is 5.60 Å². The fourth-order valence-corrected chi connectivity index (χ4v) is 3.75. The summed E-state index contributed by atoms with van der Waals surface area (Å²) in [5.41, 5.74) is -0.615. The van der Waals surface area contributed by atoms with Crippen molar-refractivity contribution in [1.82, 2.24) is 15.1 Å². The average Bonchev–Trinajstić information content (AvgIpc) is 2.87. The van der Waals surface area contributed by atoms with E-state index in [0.717, 1.165) is 0 Å². The van der Waals surface area contributed by atoms with Crippen LogP contribution in [0.5, 0.6) is 0 Å².